The SMILES string of the molecule is Cc1ccc(C(=O)NC2CC2)cc1-n1ncc(C#N)c1N.Cc1ccc(C(=O)NC2CC2)cc1NN.O=C(O)C(F)(F)F. The number of anilines is 2. The van der Waals surface area contributed by atoms with E-state index >= 15 is 0 Å². The van der Waals surface area contributed by atoms with Gasteiger partial charge in [0.05, 0.1) is 17.6 Å². The van der Waals surface area contributed by atoms with Gasteiger partial charge in [-0.25, -0.2) is 9.48 Å². The molecule has 5 rings (SSSR count). The van der Waals surface area contributed by atoms with Gasteiger partial charge in [0.15, 0.2) is 0 Å². The Hall–Kier alpha value is -5.10. The van der Waals surface area contributed by atoms with Gasteiger partial charge in [0.2, 0.25) is 0 Å². The monoisotopic (exact) mass is 600 g/mol. The number of nitrogens with one attached hydrogen (secondary N) is 3. The first-order chi connectivity index (χ1) is 20.2. The topological polar surface area (TPSA) is 201 Å². The highest BCUT2D eigenvalue weighted by Crippen LogP contribution is 2.23. The number of hydrogen-bond acceptors (Lipinski definition) is 8. The summed E-state index contributed by atoms with van der Waals surface area (Å²) in [7, 11) is 0. The van der Waals surface area contributed by atoms with Crippen molar-refractivity contribution in [1.82, 2.24) is 20.4 Å². The van der Waals surface area contributed by atoms with Gasteiger partial charge in [-0.15, -0.1) is 0 Å². The van der Waals surface area contributed by atoms with E-state index in [4.69, 9.17) is 26.7 Å². The predicted molar refractivity (Wildman–Crippen MR) is 151 cm³/mol. The molecule has 0 bridgehead atoms. The smallest absolute Gasteiger partial charge is 0.475 e. The molecule has 2 aliphatic carbocycles. The third-order valence-electron chi connectivity index (χ3n) is 6.35. The van der Waals surface area contributed by atoms with Gasteiger partial charge in [-0.3, -0.25) is 15.4 Å². The first-order valence-corrected chi connectivity index (χ1v) is 13.1. The average Bonchev–Trinajstić information content (AvgIpc) is 3.90. The van der Waals surface area contributed by atoms with E-state index in [1.54, 1.807) is 18.2 Å². The number of nitriles is 1. The number of amides is 2. The molecule has 1 heterocycles. The first-order valence-electron chi connectivity index (χ1n) is 13.1. The Morgan fingerprint density at radius 3 is 1.88 bits per heavy atom. The minimum atomic E-state index is -5.08. The number of aryl methyl sites for hydroxylation is 2. The normalized spacial score (nSPS) is 13.7. The van der Waals surface area contributed by atoms with E-state index in [2.05, 4.69) is 21.2 Å². The van der Waals surface area contributed by atoms with E-state index in [1.807, 2.05) is 38.1 Å². The Labute approximate surface area is 244 Å². The summed E-state index contributed by atoms with van der Waals surface area (Å²) in [6.07, 6.45) is 0.620. The van der Waals surface area contributed by atoms with Crippen LogP contribution in [0.2, 0.25) is 0 Å². The van der Waals surface area contributed by atoms with E-state index < -0.39 is 12.1 Å². The molecule has 3 aromatic rings. The van der Waals surface area contributed by atoms with E-state index in [9.17, 15) is 22.8 Å². The molecular formula is C28H31F3N8O4. The van der Waals surface area contributed by atoms with Crippen molar-refractivity contribution in [2.45, 2.75) is 57.8 Å². The lowest BCUT2D eigenvalue weighted by Crippen LogP contribution is -2.25. The van der Waals surface area contributed by atoms with Gasteiger partial charge in [0.1, 0.15) is 17.5 Å². The van der Waals surface area contributed by atoms with E-state index in [1.165, 1.54) is 10.9 Å². The molecule has 12 nitrogen and oxygen atoms in total. The lowest BCUT2D eigenvalue weighted by molar-refractivity contribution is -0.192. The number of nitrogens with two attached hydrogens (primary N) is 2. The van der Waals surface area contributed by atoms with Crippen LogP contribution in [0.1, 0.15) is 63.1 Å². The Balaban J connectivity index is 0.000000201. The zero-order valence-electron chi connectivity index (χ0n) is 23.3. The molecule has 0 atom stereocenters. The maximum atomic E-state index is 12.1. The van der Waals surface area contributed by atoms with Crippen LogP contribution in [-0.2, 0) is 4.79 Å². The number of aromatic nitrogens is 2. The first kappa shape index (κ1) is 32.4. The number of hydrogen-bond donors (Lipinski definition) is 6. The fraction of sp³-hybridized carbons (Fsp3) is 0.321. The van der Waals surface area contributed by atoms with Gasteiger partial charge in [0, 0.05) is 23.2 Å². The van der Waals surface area contributed by atoms with Crippen LogP contribution in [0.5, 0.6) is 0 Å². The summed E-state index contributed by atoms with van der Waals surface area (Å²) in [6, 6.07) is 13.5. The lowest BCUT2D eigenvalue weighted by atomic mass is 10.1. The number of benzene rings is 2. The van der Waals surface area contributed by atoms with Crippen LogP contribution in [0.15, 0.2) is 42.6 Å². The summed E-state index contributed by atoms with van der Waals surface area (Å²) in [4.78, 5) is 32.7. The molecular weight excluding hydrogens is 569 g/mol. The van der Waals surface area contributed by atoms with Crippen molar-refractivity contribution in [2.75, 3.05) is 11.2 Å². The van der Waals surface area contributed by atoms with Gasteiger partial charge >= 0.3 is 12.1 Å². The molecule has 43 heavy (non-hydrogen) atoms. The zero-order valence-corrected chi connectivity index (χ0v) is 23.3. The van der Waals surface area contributed by atoms with Gasteiger partial charge in [0.25, 0.3) is 11.8 Å². The Bertz CT molecular complexity index is 1540. The molecule has 2 amide bonds. The minimum Gasteiger partial charge on any atom is -0.475 e. The van der Waals surface area contributed by atoms with Crippen molar-refractivity contribution in [3.63, 3.8) is 0 Å². The highest BCUT2D eigenvalue weighted by atomic mass is 19.4. The maximum absolute atomic E-state index is 12.1. The fourth-order valence-electron chi connectivity index (χ4n) is 3.53. The Morgan fingerprint density at radius 1 is 0.977 bits per heavy atom. The van der Waals surface area contributed by atoms with Gasteiger partial charge < -0.3 is 26.9 Å². The largest absolute Gasteiger partial charge is 0.490 e. The summed E-state index contributed by atoms with van der Waals surface area (Å²) < 4.78 is 33.2. The van der Waals surface area contributed by atoms with Crippen molar-refractivity contribution in [3.05, 3.63) is 70.4 Å². The predicted octanol–water partition coefficient (Wildman–Crippen LogP) is 3.33. The molecule has 15 heteroatoms. The number of carbonyl (C=O) groups is 3. The van der Waals surface area contributed by atoms with Crippen molar-refractivity contribution in [2.24, 2.45) is 5.84 Å². The summed E-state index contributed by atoms with van der Waals surface area (Å²) in [6.45, 7) is 3.85. The van der Waals surface area contributed by atoms with Crippen LogP contribution in [-0.4, -0.2) is 50.9 Å². The number of hydrazine groups is 1. The van der Waals surface area contributed by atoms with Crippen molar-refractivity contribution < 1.29 is 32.7 Å². The minimum absolute atomic E-state index is 0.0194. The quantitative estimate of drug-likeness (QED) is 0.181. The van der Waals surface area contributed by atoms with E-state index in [0.29, 0.717) is 34.5 Å². The summed E-state index contributed by atoms with van der Waals surface area (Å²) in [5.74, 6) is 2.76. The molecule has 0 unspecified atom stereocenters. The average molecular weight is 601 g/mol. The van der Waals surface area contributed by atoms with E-state index in [-0.39, 0.29) is 17.6 Å². The number of halogens is 3. The fourth-order valence-corrected chi connectivity index (χ4v) is 3.53. The number of alkyl halides is 3. The highest BCUT2D eigenvalue weighted by molar-refractivity contribution is 5.96. The van der Waals surface area contributed by atoms with Crippen molar-refractivity contribution in [3.8, 4) is 11.8 Å². The number of rotatable bonds is 6. The maximum Gasteiger partial charge on any atom is 0.490 e. The highest BCUT2D eigenvalue weighted by Gasteiger charge is 2.38. The van der Waals surface area contributed by atoms with Crippen LogP contribution < -0.4 is 27.6 Å². The van der Waals surface area contributed by atoms with Crippen LogP contribution in [0.4, 0.5) is 24.7 Å². The molecule has 1 aromatic heterocycles. The van der Waals surface area contributed by atoms with Gasteiger partial charge in [-0.1, -0.05) is 12.1 Å². The van der Waals surface area contributed by atoms with Crippen LogP contribution in [0.3, 0.4) is 0 Å². The summed E-state index contributed by atoms with van der Waals surface area (Å²) in [5, 5.41) is 26.1. The number of carboxylic acid groups (broad SMARTS) is 1. The van der Waals surface area contributed by atoms with Crippen molar-refractivity contribution in [1.29, 1.82) is 5.26 Å². The molecule has 0 radical (unpaired) electrons. The third-order valence-corrected chi connectivity index (χ3v) is 6.35. The number of carbonyl (C=O) groups excluding carboxylic acids is 2. The molecule has 0 spiro atoms. The number of nitrogen functional groups attached to an aromatic ring is 2. The molecule has 0 saturated heterocycles. The number of aliphatic carboxylic acids is 1. The molecule has 2 aromatic carbocycles. The summed E-state index contributed by atoms with van der Waals surface area (Å²) in [5.41, 5.74) is 13.5. The van der Waals surface area contributed by atoms with Crippen LogP contribution >= 0.6 is 0 Å². The van der Waals surface area contributed by atoms with Crippen molar-refractivity contribution >= 4 is 29.3 Å². The second kappa shape index (κ2) is 13.7. The number of nitrogens with zero attached hydrogens (tertiary/aromatic N) is 3. The second-order valence-corrected chi connectivity index (χ2v) is 9.94. The number of carboxylic acids is 1. The molecule has 2 fully saturated rings. The standard InChI is InChI=1S/C15H15N5O.C11H15N3O.C2HF3O2/c1-9-2-3-10(15(21)19-12-4-5-12)6-13(9)20-14(17)11(7-16)8-18-20;1-7-2-3-8(6-10(7)14-12)11(15)13-9-4-5-9;3-2(4,5)1(6)7/h2-3,6,8,12H,4-5,17H2,1H3,(H,19,21);2-3,6,9,14H,4-5,12H2,1H3,(H,13,15);(H,6,7). The third kappa shape index (κ3) is 9.20. The second-order valence-electron chi connectivity index (χ2n) is 9.94. The van der Waals surface area contributed by atoms with E-state index in [0.717, 1.165) is 42.5 Å². The molecule has 2 saturated carbocycles. The van der Waals surface area contributed by atoms with Crippen LogP contribution in [0, 0.1) is 25.2 Å². The molecule has 0 aliphatic heterocycles. The summed E-state index contributed by atoms with van der Waals surface area (Å²) >= 11 is 0. The molecule has 8 N–H and O–H groups in total. The molecule has 228 valence electrons. The molecule has 2 aliphatic rings. The zero-order chi connectivity index (χ0) is 31.9. The van der Waals surface area contributed by atoms with Gasteiger partial charge in [-0.2, -0.15) is 23.5 Å². The Kier molecular flexibility index (Phi) is 10.3. The Morgan fingerprint density at radius 2 is 1.47 bits per heavy atom. The van der Waals surface area contributed by atoms with Crippen LogP contribution in [0.25, 0.3) is 5.69 Å². The lowest BCUT2D eigenvalue weighted by Gasteiger charge is -2.10. The van der Waals surface area contributed by atoms with Gasteiger partial charge in [-0.05, 0) is 74.9 Å².